The average Bonchev–Trinajstić information content (AvgIpc) is 3.25. The van der Waals surface area contributed by atoms with Crippen LogP contribution in [-0.2, 0) is 0 Å². The van der Waals surface area contributed by atoms with Crippen molar-refractivity contribution in [3.8, 4) is 5.75 Å². The minimum absolute atomic E-state index is 0.101. The van der Waals surface area contributed by atoms with Crippen LogP contribution in [0.1, 0.15) is 16.8 Å². The van der Waals surface area contributed by atoms with Gasteiger partial charge in [0.1, 0.15) is 5.75 Å². The van der Waals surface area contributed by atoms with Crippen molar-refractivity contribution >= 4 is 17.3 Å². The fourth-order valence-corrected chi connectivity index (χ4v) is 4.08. The molecule has 2 aliphatic rings. The first-order valence-electron chi connectivity index (χ1n) is 9.99. The Labute approximate surface area is 166 Å². The number of rotatable bonds is 5. The second-order valence-electron chi connectivity index (χ2n) is 7.38. The summed E-state index contributed by atoms with van der Waals surface area (Å²) < 4.78 is 5.30. The number of piperazine rings is 1. The highest BCUT2D eigenvalue weighted by Gasteiger charge is 2.32. The first-order chi connectivity index (χ1) is 13.7. The van der Waals surface area contributed by atoms with Crippen molar-refractivity contribution in [3.05, 3.63) is 54.1 Å². The molecule has 0 aliphatic carbocycles. The molecule has 28 heavy (non-hydrogen) atoms. The summed E-state index contributed by atoms with van der Waals surface area (Å²) in [4.78, 5) is 17.8. The van der Waals surface area contributed by atoms with Gasteiger partial charge in [-0.2, -0.15) is 0 Å². The zero-order chi connectivity index (χ0) is 19.3. The molecule has 2 aromatic rings. The Bertz CT molecular complexity index is 820. The van der Waals surface area contributed by atoms with Crippen LogP contribution in [0.5, 0.6) is 5.75 Å². The molecule has 2 aromatic carbocycles. The second kappa shape index (κ2) is 8.63. The second-order valence-corrected chi connectivity index (χ2v) is 7.38. The van der Waals surface area contributed by atoms with Gasteiger partial charge >= 0.3 is 0 Å². The first-order valence-corrected chi connectivity index (χ1v) is 9.99. The number of amides is 1. The lowest BCUT2D eigenvalue weighted by Crippen LogP contribution is -2.49. The Hall–Kier alpha value is -2.57. The largest absolute Gasteiger partial charge is 0.497 e. The molecule has 1 atom stereocenters. The predicted octanol–water partition coefficient (Wildman–Crippen LogP) is 2.56. The van der Waals surface area contributed by atoms with E-state index in [0.29, 0.717) is 11.6 Å². The van der Waals surface area contributed by atoms with Crippen molar-refractivity contribution in [3.63, 3.8) is 0 Å². The molecule has 6 heteroatoms. The van der Waals surface area contributed by atoms with E-state index >= 15 is 0 Å². The highest BCUT2D eigenvalue weighted by Crippen LogP contribution is 2.26. The number of para-hydroxylation sites is 1. The number of methoxy groups -OCH3 is 1. The molecule has 2 heterocycles. The van der Waals surface area contributed by atoms with Gasteiger partial charge < -0.3 is 20.3 Å². The molecule has 2 saturated heterocycles. The van der Waals surface area contributed by atoms with Gasteiger partial charge in [0.05, 0.1) is 18.4 Å². The first kappa shape index (κ1) is 18.8. The summed E-state index contributed by atoms with van der Waals surface area (Å²) >= 11 is 0. The van der Waals surface area contributed by atoms with Crippen molar-refractivity contribution in [1.82, 2.24) is 15.1 Å². The van der Waals surface area contributed by atoms with Gasteiger partial charge in [0, 0.05) is 57.1 Å². The van der Waals surface area contributed by atoms with Crippen LogP contribution in [-0.4, -0.2) is 68.1 Å². The molecule has 0 bridgehead atoms. The zero-order valence-electron chi connectivity index (χ0n) is 16.4. The highest BCUT2D eigenvalue weighted by molar-refractivity contribution is 6.00. The quantitative estimate of drug-likeness (QED) is 0.835. The molecule has 0 aromatic heterocycles. The van der Waals surface area contributed by atoms with Crippen molar-refractivity contribution in [2.24, 2.45) is 0 Å². The van der Waals surface area contributed by atoms with Crippen LogP contribution in [0.15, 0.2) is 48.5 Å². The number of hydrogen-bond donors (Lipinski definition) is 2. The maximum absolute atomic E-state index is 13.2. The van der Waals surface area contributed by atoms with E-state index < -0.39 is 0 Å². The predicted molar refractivity (Wildman–Crippen MR) is 111 cm³/mol. The molecule has 6 nitrogen and oxygen atoms in total. The summed E-state index contributed by atoms with van der Waals surface area (Å²) in [7, 11) is 1.65. The summed E-state index contributed by atoms with van der Waals surface area (Å²) in [5.74, 6) is 0.885. The Balaban J connectivity index is 1.47. The smallest absolute Gasteiger partial charge is 0.256 e. The number of benzene rings is 2. The molecule has 4 rings (SSSR count). The lowest BCUT2D eigenvalue weighted by atomic mass is 10.1. The highest BCUT2D eigenvalue weighted by atomic mass is 16.5. The number of carbonyl (C=O) groups is 1. The third-order valence-electron chi connectivity index (χ3n) is 5.62. The van der Waals surface area contributed by atoms with Gasteiger partial charge in [0.2, 0.25) is 0 Å². The van der Waals surface area contributed by atoms with Gasteiger partial charge in [-0.1, -0.05) is 18.2 Å². The summed E-state index contributed by atoms with van der Waals surface area (Å²) in [5.41, 5.74) is 2.44. The minimum atomic E-state index is 0.101. The lowest BCUT2D eigenvalue weighted by Gasteiger charge is -2.32. The number of likely N-dealkylation sites (tertiary alicyclic amines) is 1. The van der Waals surface area contributed by atoms with Gasteiger partial charge in [-0.05, 0) is 30.7 Å². The summed E-state index contributed by atoms with van der Waals surface area (Å²) in [6.45, 7) is 5.85. The van der Waals surface area contributed by atoms with Crippen LogP contribution < -0.4 is 15.4 Å². The topological polar surface area (TPSA) is 56.8 Å². The molecule has 2 fully saturated rings. The molecule has 2 aliphatic heterocycles. The van der Waals surface area contributed by atoms with Gasteiger partial charge in [-0.3, -0.25) is 9.69 Å². The third-order valence-corrected chi connectivity index (χ3v) is 5.62. The molecule has 1 amide bonds. The van der Waals surface area contributed by atoms with E-state index in [-0.39, 0.29) is 5.91 Å². The summed E-state index contributed by atoms with van der Waals surface area (Å²) in [6, 6.07) is 16.0. The molecule has 0 saturated carbocycles. The van der Waals surface area contributed by atoms with E-state index in [9.17, 15) is 4.79 Å². The standard InChI is InChI=1S/C22H28N4O2/c1-28-19-6-4-5-17(15-19)24-21-8-3-2-7-20(21)22(27)26-12-9-18(16-26)25-13-10-23-11-14-25/h2-8,15,18,23-24H,9-14,16H2,1H3. The molecule has 1 unspecified atom stereocenters. The number of hydrogen-bond acceptors (Lipinski definition) is 5. The van der Waals surface area contributed by atoms with E-state index in [1.165, 1.54) is 0 Å². The van der Waals surface area contributed by atoms with Crippen LogP contribution >= 0.6 is 0 Å². The minimum Gasteiger partial charge on any atom is -0.497 e. The summed E-state index contributed by atoms with van der Waals surface area (Å²) in [6.07, 6.45) is 1.05. The van der Waals surface area contributed by atoms with Crippen LogP contribution in [0.4, 0.5) is 11.4 Å². The van der Waals surface area contributed by atoms with Crippen molar-refractivity contribution in [1.29, 1.82) is 0 Å². The van der Waals surface area contributed by atoms with E-state index in [1.54, 1.807) is 7.11 Å². The number of carbonyl (C=O) groups excluding carboxylic acids is 1. The normalized spacial score (nSPS) is 20.2. The molecule has 0 spiro atoms. The molecule has 148 valence electrons. The van der Waals surface area contributed by atoms with Gasteiger partial charge in [-0.25, -0.2) is 0 Å². The fraction of sp³-hybridized carbons (Fsp3) is 0.409. The van der Waals surface area contributed by atoms with E-state index in [2.05, 4.69) is 15.5 Å². The molecule has 0 radical (unpaired) electrons. The van der Waals surface area contributed by atoms with Crippen LogP contribution in [0.25, 0.3) is 0 Å². The van der Waals surface area contributed by atoms with Crippen LogP contribution in [0, 0.1) is 0 Å². The van der Waals surface area contributed by atoms with Crippen molar-refractivity contribution in [2.75, 3.05) is 51.7 Å². The van der Waals surface area contributed by atoms with Gasteiger partial charge in [-0.15, -0.1) is 0 Å². The average molecular weight is 380 g/mol. The monoisotopic (exact) mass is 380 g/mol. The maximum atomic E-state index is 13.2. The van der Waals surface area contributed by atoms with Gasteiger partial charge in [0.25, 0.3) is 5.91 Å². The fourth-order valence-electron chi connectivity index (χ4n) is 4.08. The molecular formula is C22H28N4O2. The SMILES string of the molecule is COc1cccc(Nc2ccccc2C(=O)N2CCC(N3CCNCC3)C2)c1. The van der Waals surface area contributed by atoms with E-state index in [4.69, 9.17) is 4.74 Å². The van der Waals surface area contributed by atoms with Crippen molar-refractivity contribution in [2.45, 2.75) is 12.5 Å². The van der Waals surface area contributed by atoms with Crippen LogP contribution in [0.2, 0.25) is 0 Å². The number of nitrogens with one attached hydrogen (secondary N) is 2. The van der Waals surface area contributed by atoms with Gasteiger partial charge in [0.15, 0.2) is 0 Å². The Morgan fingerprint density at radius 3 is 2.75 bits per heavy atom. The van der Waals surface area contributed by atoms with E-state index in [0.717, 1.165) is 62.8 Å². The number of anilines is 2. The van der Waals surface area contributed by atoms with Crippen LogP contribution in [0.3, 0.4) is 0 Å². The maximum Gasteiger partial charge on any atom is 0.256 e. The summed E-state index contributed by atoms with van der Waals surface area (Å²) in [5, 5.41) is 6.78. The Kier molecular flexibility index (Phi) is 5.78. The Morgan fingerprint density at radius 1 is 1.11 bits per heavy atom. The molecular weight excluding hydrogens is 352 g/mol. The zero-order valence-corrected chi connectivity index (χ0v) is 16.4. The van der Waals surface area contributed by atoms with Crippen molar-refractivity contribution < 1.29 is 9.53 Å². The van der Waals surface area contributed by atoms with E-state index in [1.807, 2.05) is 53.4 Å². The molecule has 2 N–H and O–H groups in total. The third kappa shape index (κ3) is 4.13. The number of ether oxygens (including phenoxy) is 1. The number of nitrogens with zero attached hydrogens (tertiary/aromatic N) is 2. The Morgan fingerprint density at radius 2 is 1.93 bits per heavy atom. The lowest BCUT2D eigenvalue weighted by molar-refractivity contribution is 0.0774.